The van der Waals surface area contributed by atoms with E-state index in [1.54, 1.807) is 0 Å². The van der Waals surface area contributed by atoms with Crippen LogP contribution in [0.5, 0.6) is 0 Å². The Morgan fingerprint density at radius 3 is 2.78 bits per heavy atom. The fourth-order valence-corrected chi connectivity index (χ4v) is 3.32. The van der Waals surface area contributed by atoms with E-state index in [1.807, 2.05) is 0 Å². The summed E-state index contributed by atoms with van der Waals surface area (Å²) in [4.78, 5) is 24.5. The molecule has 3 N–H and O–H groups in total. The smallest absolute Gasteiger partial charge is 0.327 e. The molecule has 1 fully saturated rings. The minimum atomic E-state index is -0.901. The van der Waals surface area contributed by atoms with Crippen LogP contribution in [0.4, 0.5) is 0 Å². The van der Waals surface area contributed by atoms with Crippen LogP contribution in [-0.2, 0) is 9.59 Å². The first-order valence-electron chi connectivity index (χ1n) is 6.40. The van der Waals surface area contributed by atoms with E-state index in [0.29, 0.717) is 30.5 Å². The van der Waals surface area contributed by atoms with Gasteiger partial charge in [0.15, 0.2) is 0 Å². The van der Waals surface area contributed by atoms with Gasteiger partial charge in [-0.25, -0.2) is 4.79 Å². The third-order valence-electron chi connectivity index (χ3n) is 3.41. The number of nitrogens with zero attached hydrogens (tertiary/aromatic N) is 1. The number of nitrogens with two attached hydrogens (primary N) is 1. The summed E-state index contributed by atoms with van der Waals surface area (Å²) >= 11 is 1.50. The number of rotatable bonds is 7. The number of aliphatic carboxylic acids is 1. The zero-order valence-electron chi connectivity index (χ0n) is 10.8. The van der Waals surface area contributed by atoms with E-state index in [1.165, 1.54) is 16.7 Å². The first-order valence-corrected chi connectivity index (χ1v) is 7.55. The summed E-state index contributed by atoms with van der Waals surface area (Å²) < 4.78 is 0. The molecule has 0 saturated carbocycles. The van der Waals surface area contributed by atoms with Crippen molar-refractivity contribution in [3.05, 3.63) is 0 Å². The SMILES string of the molecule is CCC(CCN)CCC(=O)N1CSC[C@@H]1C(=O)O. The zero-order valence-corrected chi connectivity index (χ0v) is 11.6. The average Bonchev–Trinajstić information content (AvgIpc) is 2.83. The molecule has 0 aromatic carbocycles. The largest absolute Gasteiger partial charge is 0.480 e. The quantitative estimate of drug-likeness (QED) is 0.727. The number of amides is 1. The molecular weight excluding hydrogens is 252 g/mol. The molecule has 2 atom stereocenters. The van der Waals surface area contributed by atoms with E-state index in [-0.39, 0.29) is 5.91 Å². The third-order valence-corrected chi connectivity index (χ3v) is 4.42. The number of carbonyl (C=O) groups excluding carboxylic acids is 1. The second-order valence-electron chi connectivity index (χ2n) is 4.61. The van der Waals surface area contributed by atoms with Crippen LogP contribution in [0, 0.1) is 5.92 Å². The Kier molecular flexibility index (Phi) is 6.49. The number of carboxylic acids is 1. The lowest BCUT2D eigenvalue weighted by Gasteiger charge is -2.21. The molecule has 1 amide bonds. The lowest BCUT2D eigenvalue weighted by molar-refractivity contribution is -0.147. The summed E-state index contributed by atoms with van der Waals surface area (Å²) in [6, 6.07) is -0.642. The van der Waals surface area contributed by atoms with Crippen molar-refractivity contribution in [1.29, 1.82) is 0 Å². The first-order chi connectivity index (χ1) is 8.60. The van der Waals surface area contributed by atoms with E-state index in [4.69, 9.17) is 10.8 Å². The standard InChI is InChI=1S/C12H22N2O3S/c1-2-9(5-6-13)3-4-11(15)14-8-18-7-10(14)12(16)17/h9-10H,2-8,13H2,1H3,(H,16,17)/t9?,10-/m1/s1. The van der Waals surface area contributed by atoms with Crippen molar-refractivity contribution in [3.8, 4) is 0 Å². The van der Waals surface area contributed by atoms with Crippen molar-refractivity contribution < 1.29 is 14.7 Å². The Bertz CT molecular complexity index is 299. The monoisotopic (exact) mass is 274 g/mol. The Morgan fingerprint density at radius 1 is 1.50 bits per heavy atom. The van der Waals surface area contributed by atoms with Gasteiger partial charge in [0.25, 0.3) is 0 Å². The van der Waals surface area contributed by atoms with Gasteiger partial charge in [-0.05, 0) is 25.3 Å². The predicted molar refractivity (Wildman–Crippen MR) is 72.3 cm³/mol. The Labute approximate surface area is 112 Å². The Morgan fingerprint density at radius 2 is 2.22 bits per heavy atom. The van der Waals surface area contributed by atoms with Gasteiger partial charge in [-0.1, -0.05) is 13.3 Å². The van der Waals surface area contributed by atoms with E-state index in [9.17, 15) is 9.59 Å². The van der Waals surface area contributed by atoms with Gasteiger partial charge in [0, 0.05) is 12.2 Å². The highest BCUT2D eigenvalue weighted by Crippen LogP contribution is 2.23. The van der Waals surface area contributed by atoms with Gasteiger partial charge in [0.2, 0.25) is 5.91 Å². The van der Waals surface area contributed by atoms with E-state index < -0.39 is 12.0 Å². The minimum Gasteiger partial charge on any atom is -0.480 e. The van der Waals surface area contributed by atoms with Crippen molar-refractivity contribution in [3.63, 3.8) is 0 Å². The summed E-state index contributed by atoms with van der Waals surface area (Å²) in [5.41, 5.74) is 5.52. The molecule has 1 heterocycles. The number of hydrogen-bond donors (Lipinski definition) is 2. The zero-order chi connectivity index (χ0) is 13.5. The number of carboxylic acid groups (broad SMARTS) is 1. The summed E-state index contributed by atoms with van der Waals surface area (Å²) in [5.74, 6) is 0.535. The van der Waals surface area contributed by atoms with Gasteiger partial charge < -0.3 is 15.7 Å². The van der Waals surface area contributed by atoms with Crippen molar-refractivity contribution in [2.24, 2.45) is 11.7 Å². The van der Waals surface area contributed by atoms with Crippen LogP contribution in [0.1, 0.15) is 32.6 Å². The molecule has 0 aromatic heterocycles. The lowest BCUT2D eigenvalue weighted by atomic mass is 9.96. The average molecular weight is 274 g/mol. The molecule has 1 unspecified atom stereocenters. The highest BCUT2D eigenvalue weighted by molar-refractivity contribution is 7.99. The highest BCUT2D eigenvalue weighted by atomic mass is 32.2. The van der Waals surface area contributed by atoms with Crippen LogP contribution in [0.3, 0.4) is 0 Å². The van der Waals surface area contributed by atoms with Crippen molar-refractivity contribution in [2.75, 3.05) is 18.2 Å². The lowest BCUT2D eigenvalue weighted by Crippen LogP contribution is -2.41. The molecular formula is C12H22N2O3S. The molecule has 0 spiro atoms. The van der Waals surface area contributed by atoms with Crippen LogP contribution in [0.25, 0.3) is 0 Å². The maximum atomic E-state index is 12.0. The molecule has 1 saturated heterocycles. The maximum absolute atomic E-state index is 12.0. The molecule has 0 radical (unpaired) electrons. The summed E-state index contributed by atoms with van der Waals surface area (Å²) in [6.45, 7) is 2.74. The number of thioether (sulfide) groups is 1. The Hall–Kier alpha value is -0.750. The molecule has 18 heavy (non-hydrogen) atoms. The van der Waals surface area contributed by atoms with E-state index in [2.05, 4.69) is 6.92 Å². The van der Waals surface area contributed by atoms with Gasteiger partial charge in [0.05, 0.1) is 5.88 Å². The van der Waals surface area contributed by atoms with Gasteiger partial charge in [0.1, 0.15) is 6.04 Å². The predicted octanol–water partition coefficient (Wildman–Crippen LogP) is 1.13. The number of hydrogen-bond acceptors (Lipinski definition) is 4. The van der Waals surface area contributed by atoms with Crippen molar-refractivity contribution >= 4 is 23.6 Å². The van der Waals surface area contributed by atoms with Crippen LogP contribution in [-0.4, -0.2) is 46.1 Å². The fraction of sp³-hybridized carbons (Fsp3) is 0.833. The fourth-order valence-electron chi connectivity index (χ4n) is 2.15. The summed E-state index contributed by atoms with van der Waals surface area (Å²) in [7, 11) is 0. The highest BCUT2D eigenvalue weighted by Gasteiger charge is 2.34. The van der Waals surface area contributed by atoms with Crippen LogP contribution < -0.4 is 5.73 Å². The van der Waals surface area contributed by atoms with Gasteiger partial charge in [-0.15, -0.1) is 11.8 Å². The summed E-state index contributed by atoms with van der Waals surface area (Å²) in [6.07, 6.45) is 3.19. The van der Waals surface area contributed by atoms with Gasteiger partial charge >= 0.3 is 5.97 Å². The topological polar surface area (TPSA) is 83.6 Å². The number of carbonyl (C=O) groups is 2. The molecule has 1 aliphatic rings. The van der Waals surface area contributed by atoms with Crippen LogP contribution in [0.2, 0.25) is 0 Å². The minimum absolute atomic E-state index is 0.0390. The third kappa shape index (κ3) is 4.17. The van der Waals surface area contributed by atoms with Crippen LogP contribution >= 0.6 is 11.8 Å². The molecule has 0 aromatic rings. The summed E-state index contributed by atoms with van der Waals surface area (Å²) in [5, 5.41) is 9.02. The van der Waals surface area contributed by atoms with Crippen molar-refractivity contribution in [2.45, 2.75) is 38.6 Å². The second-order valence-corrected chi connectivity index (χ2v) is 5.61. The molecule has 5 nitrogen and oxygen atoms in total. The molecule has 1 rings (SSSR count). The molecule has 6 heteroatoms. The molecule has 0 bridgehead atoms. The van der Waals surface area contributed by atoms with Crippen LogP contribution in [0.15, 0.2) is 0 Å². The van der Waals surface area contributed by atoms with Gasteiger partial charge in [-0.3, -0.25) is 4.79 Å². The second kappa shape index (κ2) is 7.63. The van der Waals surface area contributed by atoms with Gasteiger partial charge in [-0.2, -0.15) is 0 Å². The molecule has 0 aliphatic carbocycles. The van der Waals surface area contributed by atoms with Crippen molar-refractivity contribution in [1.82, 2.24) is 4.90 Å². The first kappa shape index (κ1) is 15.3. The Balaban J connectivity index is 2.42. The molecule has 1 aliphatic heterocycles. The normalized spacial score (nSPS) is 21.0. The molecule has 104 valence electrons. The maximum Gasteiger partial charge on any atom is 0.327 e. The van der Waals surface area contributed by atoms with E-state index >= 15 is 0 Å². The van der Waals surface area contributed by atoms with E-state index in [0.717, 1.165) is 19.3 Å².